The van der Waals surface area contributed by atoms with Gasteiger partial charge in [0.25, 0.3) is 5.91 Å². The number of aromatic nitrogens is 1. The van der Waals surface area contributed by atoms with Crippen LogP contribution in [0.2, 0.25) is 0 Å². The molecule has 1 fully saturated rings. The lowest BCUT2D eigenvalue weighted by Crippen LogP contribution is -2.51. The number of nitrogens with zero attached hydrogens (tertiary/aromatic N) is 1. The number of pyridine rings is 1. The van der Waals surface area contributed by atoms with Crippen molar-refractivity contribution in [2.75, 3.05) is 25.5 Å². The highest BCUT2D eigenvalue weighted by molar-refractivity contribution is 5.97. The van der Waals surface area contributed by atoms with Gasteiger partial charge in [-0.05, 0) is 45.0 Å². The van der Waals surface area contributed by atoms with Crippen LogP contribution in [0.25, 0.3) is 0 Å². The van der Waals surface area contributed by atoms with E-state index in [1.165, 1.54) is 0 Å². The Morgan fingerprint density at radius 1 is 1.50 bits per heavy atom. The van der Waals surface area contributed by atoms with Crippen LogP contribution in [0.15, 0.2) is 18.3 Å². The SMILES string of the molecule is COC1(C(=O)Nc2ccnc(C)c2)CCNCC1. The largest absolute Gasteiger partial charge is 0.368 e. The number of carbonyl (C=O) groups is 1. The Morgan fingerprint density at radius 3 is 2.83 bits per heavy atom. The molecule has 0 saturated carbocycles. The van der Waals surface area contributed by atoms with Crippen molar-refractivity contribution in [2.45, 2.75) is 25.4 Å². The lowest BCUT2D eigenvalue weighted by Gasteiger charge is -2.34. The Balaban J connectivity index is 2.10. The summed E-state index contributed by atoms with van der Waals surface area (Å²) in [5, 5.41) is 6.14. The number of hydrogen-bond acceptors (Lipinski definition) is 4. The van der Waals surface area contributed by atoms with E-state index in [0.29, 0.717) is 12.8 Å². The quantitative estimate of drug-likeness (QED) is 0.842. The fourth-order valence-electron chi connectivity index (χ4n) is 2.22. The topological polar surface area (TPSA) is 63.2 Å². The predicted molar refractivity (Wildman–Crippen MR) is 69.4 cm³/mol. The molecule has 1 aliphatic rings. The first-order chi connectivity index (χ1) is 8.66. The van der Waals surface area contributed by atoms with Gasteiger partial charge in [0, 0.05) is 24.7 Å². The van der Waals surface area contributed by atoms with Crippen LogP contribution in [0.4, 0.5) is 5.69 Å². The van der Waals surface area contributed by atoms with Gasteiger partial charge in [-0.1, -0.05) is 0 Å². The Labute approximate surface area is 107 Å². The Morgan fingerprint density at radius 2 is 2.22 bits per heavy atom. The van der Waals surface area contributed by atoms with Crippen molar-refractivity contribution in [3.63, 3.8) is 0 Å². The smallest absolute Gasteiger partial charge is 0.256 e. The van der Waals surface area contributed by atoms with Crippen molar-refractivity contribution in [3.05, 3.63) is 24.0 Å². The molecule has 98 valence electrons. The van der Waals surface area contributed by atoms with E-state index in [1.54, 1.807) is 19.4 Å². The number of anilines is 1. The number of carbonyl (C=O) groups excluding carboxylic acids is 1. The van der Waals surface area contributed by atoms with E-state index in [1.807, 2.05) is 13.0 Å². The zero-order valence-electron chi connectivity index (χ0n) is 10.8. The fourth-order valence-corrected chi connectivity index (χ4v) is 2.22. The summed E-state index contributed by atoms with van der Waals surface area (Å²) >= 11 is 0. The number of amides is 1. The molecule has 0 atom stereocenters. The molecule has 2 heterocycles. The molecule has 2 N–H and O–H groups in total. The summed E-state index contributed by atoms with van der Waals surface area (Å²) in [6.45, 7) is 3.50. The normalized spacial score (nSPS) is 18.3. The van der Waals surface area contributed by atoms with E-state index in [4.69, 9.17) is 4.74 Å². The molecule has 2 rings (SSSR count). The van der Waals surface area contributed by atoms with Gasteiger partial charge in [-0.3, -0.25) is 9.78 Å². The Kier molecular flexibility index (Phi) is 3.93. The second-order valence-corrected chi connectivity index (χ2v) is 4.59. The number of nitrogens with one attached hydrogen (secondary N) is 2. The van der Waals surface area contributed by atoms with E-state index in [9.17, 15) is 4.79 Å². The molecular formula is C13H19N3O2. The first-order valence-electron chi connectivity index (χ1n) is 6.16. The first-order valence-corrected chi connectivity index (χ1v) is 6.16. The molecule has 0 spiro atoms. The predicted octanol–water partition coefficient (Wildman–Crippen LogP) is 1.10. The lowest BCUT2D eigenvalue weighted by atomic mass is 9.91. The highest BCUT2D eigenvalue weighted by atomic mass is 16.5. The maximum atomic E-state index is 12.3. The van der Waals surface area contributed by atoms with Crippen LogP contribution >= 0.6 is 0 Å². The van der Waals surface area contributed by atoms with Crippen LogP contribution in [0.1, 0.15) is 18.5 Å². The average Bonchev–Trinajstić information content (AvgIpc) is 2.39. The van der Waals surface area contributed by atoms with Gasteiger partial charge in [-0.2, -0.15) is 0 Å². The molecule has 18 heavy (non-hydrogen) atoms. The second-order valence-electron chi connectivity index (χ2n) is 4.59. The summed E-state index contributed by atoms with van der Waals surface area (Å²) in [6, 6.07) is 3.64. The van der Waals surface area contributed by atoms with Gasteiger partial charge in [0.15, 0.2) is 0 Å². The number of rotatable bonds is 3. The van der Waals surface area contributed by atoms with Gasteiger partial charge in [0.05, 0.1) is 0 Å². The first kappa shape index (κ1) is 13.0. The van der Waals surface area contributed by atoms with Crippen LogP contribution < -0.4 is 10.6 Å². The van der Waals surface area contributed by atoms with Crippen LogP contribution in [0.5, 0.6) is 0 Å². The Bertz CT molecular complexity index is 428. The van der Waals surface area contributed by atoms with Gasteiger partial charge in [-0.15, -0.1) is 0 Å². The minimum atomic E-state index is -0.706. The van der Waals surface area contributed by atoms with Crippen molar-refractivity contribution in [1.29, 1.82) is 0 Å². The molecule has 1 aromatic rings. The van der Waals surface area contributed by atoms with Gasteiger partial charge < -0.3 is 15.4 Å². The number of aryl methyl sites for hydroxylation is 1. The van der Waals surface area contributed by atoms with Gasteiger partial charge in [0.1, 0.15) is 5.60 Å². The number of methoxy groups -OCH3 is 1. The highest BCUT2D eigenvalue weighted by Gasteiger charge is 2.39. The Hall–Kier alpha value is -1.46. The number of hydrogen-bond donors (Lipinski definition) is 2. The lowest BCUT2D eigenvalue weighted by molar-refractivity contribution is -0.140. The van der Waals surface area contributed by atoms with Crippen molar-refractivity contribution < 1.29 is 9.53 Å². The molecule has 0 aliphatic carbocycles. The molecule has 1 saturated heterocycles. The maximum Gasteiger partial charge on any atom is 0.256 e. The molecule has 0 unspecified atom stereocenters. The van der Waals surface area contributed by atoms with Crippen LogP contribution in [-0.4, -0.2) is 36.7 Å². The van der Waals surface area contributed by atoms with E-state index in [-0.39, 0.29) is 5.91 Å². The molecule has 1 aromatic heterocycles. The summed E-state index contributed by atoms with van der Waals surface area (Å²) in [5.41, 5.74) is 0.939. The molecule has 0 aromatic carbocycles. The molecule has 5 nitrogen and oxygen atoms in total. The van der Waals surface area contributed by atoms with Gasteiger partial charge in [0.2, 0.25) is 0 Å². The van der Waals surface area contributed by atoms with E-state index >= 15 is 0 Å². The number of piperidine rings is 1. The second kappa shape index (κ2) is 5.46. The maximum absolute atomic E-state index is 12.3. The zero-order valence-corrected chi connectivity index (χ0v) is 10.8. The highest BCUT2D eigenvalue weighted by Crippen LogP contribution is 2.24. The van der Waals surface area contributed by atoms with E-state index in [2.05, 4.69) is 15.6 Å². The molecule has 1 aliphatic heterocycles. The molecule has 5 heteroatoms. The minimum Gasteiger partial charge on any atom is -0.368 e. The van der Waals surface area contributed by atoms with Crippen LogP contribution in [0.3, 0.4) is 0 Å². The summed E-state index contributed by atoms with van der Waals surface area (Å²) in [5.74, 6) is -0.0721. The number of ether oxygens (including phenoxy) is 1. The zero-order chi connectivity index (χ0) is 13.0. The summed E-state index contributed by atoms with van der Waals surface area (Å²) in [4.78, 5) is 16.5. The molecule has 0 radical (unpaired) electrons. The fraction of sp³-hybridized carbons (Fsp3) is 0.538. The molecule has 0 bridgehead atoms. The summed E-state index contributed by atoms with van der Waals surface area (Å²) < 4.78 is 5.48. The van der Waals surface area contributed by atoms with Crippen molar-refractivity contribution in [1.82, 2.24) is 10.3 Å². The average molecular weight is 249 g/mol. The third kappa shape index (κ3) is 2.68. The van der Waals surface area contributed by atoms with Crippen LogP contribution in [-0.2, 0) is 9.53 Å². The van der Waals surface area contributed by atoms with Crippen molar-refractivity contribution in [2.24, 2.45) is 0 Å². The van der Waals surface area contributed by atoms with Gasteiger partial charge in [-0.25, -0.2) is 0 Å². The van der Waals surface area contributed by atoms with E-state index < -0.39 is 5.60 Å². The molecule has 1 amide bonds. The van der Waals surface area contributed by atoms with Crippen LogP contribution in [0, 0.1) is 6.92 Å². The summed E-state index contributed by atoms with van der Waals surface area (Å²) in [7, 11) is 1.60. The molecular weight excluding hydrogens is 230 g/mol. The summed E-state index contributed by atoms with van der Waals surface area (Å²) in [6.07, 6.45) is 3.08. The third-order valence-electron chi connectivity index (χ3n) is 3.37. The minimum absolute atomic E-state index is 0.0721. The van der Waals surface area contributed by atoms with Gasteiger partial charge >= 0.3 is 0 Å². The standard InChI is InChI=1S/C13H19N3O2/c1-10-9-11(3-6-15-10)16-12(17)13(18-2)4-7-14-8-5-13/h3,6,9,14H,4-5,7-8H2,1-2H3,(H,15,16,17). The van der Waals surface area contributed by atoms with Crippen molar-refractivity contribution >= 4 is 11.6 Å². The van der Waals surface area contributed by atoms with Crippen molar-refractivity contribution in [3.8, 4) is 0 Å². The monoisotopic (exact) mass is 249 g/mol. The third-order valence-corrected chi connectivity index (χ3v) is 3.37. The van der Waals surface area contributed by atoms with E-state index in [0.717, 1.165) is 24.5 Å².